The molecular formula is C18H10O4. The number of hydrogen-bond acceptors (Lipinski definition) is 4. The molecule has 4 rings (SSSR count). The number of hydrogen-bond donors (Lipinski definition) is 0. The van der Waals surface area contributed by atoms with Gasteiger partial charge in [-0.3, -0.25) is 0 Å². The first-order valence-electron chi connectivity index (χ1n) is 6.79. The molecule has 0 aliphatic carbocycles. The van der Waals surface area contributed by atoms with E-state index in [9.17, 15) is 9.59 Å². The minimum Gasteiger partial charge on any atom is -0.419 e. The zero-order valence-corrected chi connectivity index (χ0v) is 11.4. The molecule has 0 N–H and O–H groups in total. The highest BCUT2D eigenvalue weighted by atomic mass is 16.4. The molecule has 2 aromatic carbocycles. The molecule has 0 amide bonds. The van der Waals surface area contributed by atoms with Crippen LogP contribution in [0.25, 0.3) is 33.1 Å². The monoisotopic (exact) mass is 290 g/mol. The lowest BCUT2D eigenvalue weighted by molar-refractivity contribution is 0.524. The van der Waals surface area contributed by atoms with Crippen molar-refractivity contribution in [3.63, 3.8) is 0 Å². The van der Waals surface area contributed by atoms with Crippen LogP contribution in [-0.4, -0.2) is 0 Å². The molecule has 22 heavy (non-hydrogen) atoms. The molecule has 0 fully saturated rings. The zero-order valence-electron chi connectivity index (χ0n) is 11.4. The Balaban J connectivity index is 2.25. The maximum Gasteiger partial charge on any atom is 0.344 e. The molecule has 0 aliphatic rings. The Hall–Kier alpha value is -3.14. The molecule has 4 aromatic rings. The van der Waals surface area contributed by atoms with Crippen LogP contribution in [0.5, 0.6) is 0 Å². The van der Waals surface area contributed by atoms with E-state index in [4.69, 9.17) is 8.83 Å². The SMILES string of the molecule is O=c1cc(-c2ccccc2)c2oc(=O)c3ccccc3c2o1. The molecule has 0 bridgehead atoms. The van der Waals surface area contributed by atoms with Crippen LogP contribution >= 0.6 is 0 Å². The van der Waals surface area contributed by atoms with Crippen LogP contribution in [0, 0.1) is 0 Å². The summed E-state index contributed by atoms with van der Waals surface area (Å²) in [5.41, 5.74) is 0.990. The molecule has 2 heterocycles. The molecule has 0 saturated heterocycles. The van der Waals surface area contributed by atoms with Crippen LogP contribution in [0.1, 0.15) is 0 Å². The van der Waals surface area contributed by atoms with Gasteiger partial charge in [-0.25, -0.2) is 9.59 Å². The highest BCUT2D eigenvalue weighted by Gasteiger charge is 2.15. The fraction of sp³-hybridized carbons (Fsp3) is 0. The van der Waals surface area contributed by atoms with Gasteiger partial charge in [0.1, 0.15) is 0 Å². The maximum absolute atomic E-state index is 12.2. The predicted octanol–water partition coefficient (Wildman–Crippen LogP) is 3.57. The van der Waals surface area contributed by atoms with E-state index in [1.165, 1.54) is 6.07 Å². The van der Waals surface area contributed by atoms with Crippen molar-refractivity contribution in [3.05, 3.63) is 81.5 Å². The van der Waals surface area contributed by atoms with E-state index < -0.39 is 11.3 Å². The van der Waals surface area contributed by atoms with E-state index in [0.29, 0.717) is 21.9 Å². The van der Waals surface area contributed by atoms with Gasteiger partial charge in [-0.1, -0.05) is 48.5 Å². The zero-order chi connectivity index (χ0) is 15.1. The van der Waals surface area contributed by atoms with E-state index in [-0.39, 0.29) is 5.58 Å². The van der Waals surface area contributed by atoms with Crippen molar-refractivity contribution in [2.75, 3.05) is 0 Å². The molecule has 2 aromatic heterocycles. The van der Waals surface area contributed by atoms with Crippen LogP contribution in [0.4, 0.5) is 0 Å². The standard InChI is InChI=1S/C18H10O4/c19-15-10-14(11-6-2-1-3-7-11)17-16(21-15)12-8-4-5-9-13(12)18(20)22-17/h1-10H. The second kappa shape index (κ2) is 4.70. The summed E-state index contributed by atoms with van der Waals surface area (Å²) in [6, 6.07) is 17.6. The lowest BCUT2D eigenvalue weighted by atomic mass is 10.0. The maximum atomic E-state index is 12.2. The number of fused-ring (bicyclic) bond motifs is 3. The van der Waals surface area contributed by atoms with Gasteiger partial charge in [0.15, 0.2) is 11.2 Å². The molecule has 4 nitrogen and oxygen atoms in total. The van der Waals surface area contributed by atoms with Crippen molar-refractivity contribution in [2.45, 2.75) is 0 Å². The lowest BCUT2D eigenvalue weighted by Gasteiger charge is -2.06. The molecule has 0 radical (unpaired) electrons. The van der Waals surface area contributed by atoms with Gasteiger partial charge in [0.2, 0.25) is 0 Å². The first-order chi connectivity index (χ1) is 10.7. The van der Waals surface area contributed by atoms with E-state index in [0.717, 1.165) is 5.56 Å². The largest absolute Gasteiger partial charge is 0.419 e. The van der Waals surface area contributed by atoms with E-state index in [2.05, 4.69) is 0 Å². The quantitative estimate of drug-likeness (QED) is 0.503. The second-order valence-corrected chi connectivity index (χ2v) is 4.94. The fourth-order valence-corrected chi connectivity index (χ4v) is 2.60. The van der Waals surface area contributed by atoms with Crippen molar-refractivity contribution >= 4 is 21.9 Å². The number of rotatable bonds is 1. The summed E-state index contributed by atoms with van der Waals surface area (Å²) >= 11 is 0. The Morgan fingerprint density at radius 1 is 0.682 bits per heavy atom. The van der Waals surface area contributed by atoms with Crippen molar-refractivity contribution in [1.82, 2.24) is 0 Å². The third-order valence-electron chi connectivity index (χ3n) is 3.59. The van der Waals surface area contributed by atoms with Crippen molar-refractivity contribution in [2.24, 2.45) is 0 Å². The van der Waals surface area contributed by atoms with Gasteiger partial charge in [-0.2, -0.15) is 0 Å². The first-order valence-corrected chi connectivity index (χ1v) is 6.79. The minimum atomic E-state index is -0.481. The summed E-state index contributed by atoms with van der Waals surface area (Å²) in [6.45, 7) is 0. The van der Waals surface area contributed by atoms with Gasteiger partial charge < -0.3 is 8.83 Å². The highest BCUT2D eigenvalue weighted by molar-refractivity contribution is 6.04. The van der Waals surface area contributed by atoms with Crippen molar-refractivity contribution in [1.29, 1.82) is 0 Å². The van der Waals surface area contributed by atoms with Crippen LogP contribution in [0.3, 0.4) is 0 Å². The summed E-state index contributed by atoms with van der Waals surface area (Å²) < 4.78 is 10.7. The van der Waals surface area contributed by atoms with Crippen LogP contribution in [-0.2, 0) is 0 Å². The van der Waals surface area contributed by atoms with E-state index in [1.54, 1.807) is 24.3 Å². The Morgan fingerprint density at radius 3 is 2.14 bits per heavy atom. The van der Waals surface area contributed by atoms with Crippen LogP contribution in [0.2, 0.25) is 0 Å². The molecule has 0 aliphatic heterocycles. The molecule has 0 unspecified atom stereocenters. The molecule has 4 heteroatoms. The third-order valence-corrected chi connectivity index (χ3v) is 3.59. The normalized spacial score (nSPS) is 11.1. The van der Waals surface area contributed by atoms with Gasteiger partial charge in [0, 0.05) is 17.0 Å². The summed E-state index contributed by atoms with van der Waals surface area (Å²) in [5.74, 6) is 0. The van der Waals surface area contributed by atoms with Crippen LogP contribution in [0.15, 0.2) is 79.1 Å². The smallest absolute Gasteiger partial charge is 0.344 e. The Bertz CT molecular complexity index is 1100. The van der Waals surface area contributed by atoms with E-state index in [1.807, 2.05) is 30.3 Å². The van der Waals surface area contributed by atoms with Gasteiger partial charge in [0.05, 0.1) is 5.39 Å². The Kier molecular flexibility index (Phi) is 2.69. The summed E-state index contributed by atoms with van der Waals surface area (Å²) in [5, 5.41) is 0.965. The van der Waals surface area contributed by atoms with Gasteiger partial charge >= 0.3 is 11.3 Å². The molecule has 0 spiro atoms. The molecular weight excluding hydrogens is 280 g/mol. The fourth-order valence-electron chi connectivity index (χ4n) is 2.60. The van der Waals surface area contributed by atoms with Crippen molar-refractivity contribution < 1.29 is 8.83 Å². The van der Waals surface area contributed by atoms with Crippen LogP contribution < -0.4 is 11.3 Å². The topological polar surface area (TPSA) is 60.4 Å². The molecule has 0 saturated carbocycles. The summed E-state index contributed by atoms with van der Waals surface area (Å²) in [7, 11) is 0. The average Bonchev–Trinajstić information content (AvgIpc) is 2.56. The van der Waals surface area contributed by atoms with Gasteiger partial charge in [-0.15, -0.1) is 0 Å². The first kappa shape index (κ1) is 12.6. The Labute approximate surface area is 124 Å². The predicted molar refractivity (Wildman–Crippen MR) is 84.0 cm³/mol. The van der Waals surface area contributed by atoms with Gasteiger partial charge in [0.25, 0.3) is 0 Å². The van der Waals surface area contributed by atoms with E-state index >= 15 is 0 Å². The second-order valence-electron chi connectivity index (χ2n) is 4.94. The van der Waals surface area contributed by atoms with Gasteiger partial charge in [-0.05, 0) is 11.6 Å². The third kappa shape index (κ3) is 1.85. The van der Waals surface area contributed by atoms with Crippen molar-refractivity contribution in [3.8, 4) is 11.1 Å². The molecule has 0 atom stereocenters. The summed E-state index contributed by atoms with van der Waals surface area (Å²) in [6.07, 6.45) is 0. The number of benzene rings is 2. The summed E-state index contributed by atoms with van der Waals surface area (Å²) in [4.78, 5) is 24.1. The Morgan fingerprint density at radius 2 is 1.36 bits per heavy atom. The molecule has 106 valence electrons. The highest BCUT2D eigenvalue weighted by Crippen LogP contribution is 2.29. The lowest BCUT2D eigenvalue weighted by Crippen LogP contribution is -2.04. The minimum absolute atomic E-state index is 0.287. The average molecular weight is 290 g/mol.